The molecule has 0 bridgehead atoms. The molecule has 0 aromatic rings. The Hall–Kier alpha value is -1.54. The van der Waals surface area contributed by atoms with Gasteiger partial charge in [0.2, 0.25) is 5.91 Å². The number of quaternary nitrogens is 1. The van der Waals surface area contributed by atoms with Gasteiger partial charge in [0.05, 0.1) is 39.9 Å². The number of carbonyl (C=O) groups is 1. The van der Waals surface area contributed by atoms with Crippen molar-refractivity contribution in [2.24, 2.45) is 0 Å². The normalized spacial score (nSPS) is 15.0. The smallest absolute Gasteiger partial charge is 0.268 e. The minimum absolute atomic E-state index is 0.00599. The molecule has 0 aromatic carbocycles. The second kappa shape index (κ2) is 34.2. The van der Waals surface area contributed by atoms with E-state index in [4.69, 9.17) is 9.05 Å². The van der Waals surface area contributed by atoms with Crippen molar-refractivity contribution < 1.29 is 32.9 Å². The third-order valence-electron chi connectivity index (χ3n) is 8.78. The molecule has 9 heteroatoms. The molecule has 8 nitrogen and oxygen atoms in total. The first-order valence-corrected chi connectivity index (χ1v) is 22.0. The van der Waals surface area contributed by atoms with E-state index in [1.807, 2.05) is 27.2 Å². The van der Waals surface area contributed by atoms with Crippen molar-refractivity contribution >= 4 is 13.7 Å². The van der Waals surface area contributed by atoms with Crippen LogP contribution in [0, 0.1) is 0 Å². The molecule has 0 saturated heterocycles. The second-order valence-electron chi connectivity index (χ2n) is 15.0. The molecule has 298 valence electrons. The molecule has 3 unspecified atom stereocenters. The van der Waals surface area contributed by atoms with Gasteiger partial charge in [0.25, 0.3) is 7.82 Å². The highest BCUT2D eigenvalue weighted by Crippen LogP contribution is 2.38. The van der Waals surface area contributed by atoms with Gasteiger partial charge in [-0.15, -0.1) is 0 Å². The second-order valence-corrected chi connectivity index (χ2v) is 16.4. The molecular formula is C42H79N2O6P. The van der Waals surface area contributed by atoms with Gasteiger partial charge in [-0.25, -0.2) is 0 Å². The van der Waals surface area contributed by atoms with Crippen LogP contribution in [-0.4, -0.2) is 68.5 Å². The number of nitrogens with one attached hydrogen (secondary N) is 1. The minimum Gasteiger partial charge on any atom is -0.756 e. The van der Waals surface area contributed by atoms with E-state index < -0.39 is 20.0 Å². The number of likely N-dealkylation sites (N-methyl/N-ethyl adjacent to an activating group) is 1. The fraction of sp³-hybridized carbons (Fsp3) is 0.786. The Kier molecular flexibility index (Phi) is 33.2. The number of carbonyl (C=O) groups excluding carboxylic acids is 1. The zero-order valence-electron chi connectivity index (χ0n) is 33.5. The fourth-order valence-electron chi connectivity index (χ4n) is 5.45. The third kappa shape index (κ3) is 36.6. The molecule has 0 rings (SSSR count). The zero-order chi connectivity index (χ0) is 37.9. The lowest BCUT2D eigenvalue weighted by Crippen LogP contribution is -2.45. The predicted octanol–water partition coefficient (Wildman–Crippen LogP) is 10.3. The number of allylic oxidation sites excluding steroid dienone is 7. The Morgan fingerprint density at radius 2 is 1.14 bits per heavy atom. The molecule has 0 spiro atoms. The van der Waals surface area contributed by atoms with Gasteiger partial charge in [-0.1, -0.05) is 146 Å². The van der Waals surface area contributed by atoms with Crippen molar-refractivity contribution in [3.8, 4) is 0 Å². The maximum Gasteiger partial charge on any atom is 0.268 e. The van der Waals surface area contributed by atoms with E-state index in [-0.39, 0.29) is 19.1 Å². The van der Waals surface area contributed by atoms with Crippen molar-refractivity contribution in [2.75, 3.05) is 40.9 Å². The van der Waals surface area contributed by atoms with Gasteiger partial charge in [-0.05, 0) is 57.8 Å². The lowest BCUT2D eigenvalue weighted by atomic mass is 10.1. The summed E-state index contributed by atoms with van der Waals surface area (Å²) in [4.78, 5) is 25.1. The van der Waals surface area contributed by atoms with Crippen LogP contribution in [0.4, 0.5) is 0 Å². The summed E-state index contributed by atoms with van der Waals surface area (Å²) in [7, 11) is 1.24. The fourth-order valence-corrected chi connectivity index (χ4v) is 6.17. The topological polar surface area (TPSA) is 108 Å². The number of phosphoric acid groups is 1. The van der Waals surface area contributed by atoms with Crippen LogP contribution in [0.3, 0.4) is 0 Å². The molecule has 0 aromatic heterocycles. The van der Waals surface area contributed by atoms with E-state index in [9.17, 15) is 19.4 Å². The highest BCUT2D eigenvalue weighted by molar-refractivity contribution is 7.45. The van der Waals surface area contributed by atoms with Crippen molar-refractivity contribution in [2.45, 2.75) is 174 Å². The van der Waals surface area contributed by atoms with E-state index in [0.29, 0.717) is 17.4 Å². The lowest BCUT2D eigenvalue weighted by molar-refractivity contribution is -0.870. The number of nitrogens with zero attached hydrogens (tertiary/aromatic N) is 1. The van der Waals surface area contributed by atoms with Crippen LogP contribution in [0.15, 0.2) is 48.6 Å². The Morgan fingerprint density at radius 3 is 1.65 bits per heavy atom. The first-order valence-electron chi connectivity index (χ1n) is 20.5. The van der Waals surface area contributed by atoms with E-state index in [2.05, 4.69) is 55.6 Å². The molecule has 3 atom stereocenters. The summed E-state index contributed by atoms with van der Waals surface area (Å²) in [6, 6.07) is -0.891. The number of aliphatic hydroxyl groups excluding tert-OH is 1. The van der Waals surface area contributed by atoms with Gasteiger partial charge >= 0.3 is 0 Å². The van der Waals surface area contributed by atoms with Crippen LogP contribution in [0.2, 0.25) is 0 Å². The van der Waals surface area contributed by atoms with E-state index >= 15 is 0 Å². The molecule has 1 amide bonds. The van der Waals surface area contributed by atoms with E-state index in [1.165, 1.54) is 77.0 Å². The number of phosphoric ester groups is 1. The average Bonchev–Trinajstić information content (AvgIpc) is 3.07. The van der Waals surface area contributed by atoms with Crippen LogP contribution in [0.1, 0.15) is 162 Å². The van der Waals surface area contributed by atoms with Crippen LogP contribution >= 0.6 is 7.82 Å². The van der Waals surface area contributed by atoms with Crippen molar-refractivity contribution in [3.63, 3.8) is 0 Å². The number of amides is 1. The van der Waals surface area contributed by atoms with E-state index in [0.717, 1.165) is 64.2 Å². The van der Waals surface area contributed by atoms with Crippen molar-refractivity contribution in [1.82, 2.24) is 5.32 Å². The number of unbranched alkanes of at least 4 members (excludes halogenated alkanes) is 17. The molecule has 0 radical (unpaired) electrons. The Morgan fingerprint density at radius 1 is 0.686 bits per heavy atom. The van der Waals surface area contributed by atoms with Crippen LogP contribution < -0.4 is 10.2 Å². The molecule has 0 aliphatic carbocycles. The number of rotatable bonds is 36. The Balaban J connectivity index is 4.35. The van der Waals surface area contributed by atoms with Crippen molar-refractivity contribution in [3.05, 3.63) is 48.6 Å². The molecule has 0 aliphatic heterocycles. The van der Waals surface area contributed by atoms with Gasteiger partial charge in [0, 0.05) is 6.42 Å². The monoisotopic (exact) mass is 739 g/mol. The highest BCUT2D eigenvalue weighted by Gasteiger charge is 2.23. The van der Waals surface area contributed by atoms with Gasteiger partial charge < -0.3 is 28.8 Å². The maximum absolute atomic E-state index is 12.8. The summed E-state index contributed by atoms with van der Waals surface area (Å²) in [6.07, 6.45) is 41.6. The summed E-state index contributed by atoms with van der Waals surface area (Å²) >= 11 is 0. The first kappa shape index (κ1) is 49.5. The standard InChI is InChI=1S/C42H79N2O6P/c1-6-8-10-12-14-16-17-18-19-20-21-22-23-24-25-26-27-28-30-32-34-36-42(46)43-40(39-50-51(47,48)49-38-37-44(3,4)5)41(45)35-33-31-29-15-13-11-9-7-2/h17-18,20-21,23-24,33,35,40-41,45H,6-16,19,22,25-32,34,36-39H2,1-5H3,(H-,43,46,47,48)/b18-17-,21-20-,24-23-,35-33+. The molecule has 0 fully saturated rings. The lowest BCUT2D eigenvalue weighted by Gasteiger charge is -2.29. The van der Waals surface area contributed by atoms with E-state index in [1.54, 1.807) is 6.08 Å². The summed E-state index contributed by atoms with van der Waals surface area (Å²) in [6.45, 7) is 4.55. The summed E-state index contributed by atoms with van der Waals surface area (Å²) in [5, 5.41) is 13.6. The van der Waals surface area contributed by atoms with Gasteiger partial charge in [0.15, 0.2) is 0 Å². The summed E-state index contributed by atoms with van der Waals surface area (Å²) < 4.78 is 23.0. The maximum atomic E-state index is 12.8. The molecule has 0 heterocycles. The average molecular weight is 739 g/mol. The summed E-state index contributed by atoms with van der Waals surface area (Å²) in [5.41, 5.74) is 0. The molecule has 51 heavy (non-hydrogen) atoms. The van der Waals surface area contributed by atoms with Crippen LogP contribution in [0.5, 0.6) is 0 Å². The molecule has 0 aliphatic rings. The molecule has 2 N–H and O–H groups in total. The summed E-state index contributed by atoms with van der Waals surface area (Å²) in [5.74, 6) is -0.216. The Bertz CT molecular complexity index is 975. The molecule has 0 saturated carbocycles. The number of hydrogen-bond acceptors (Lipinski definition) is 6. The van der Waals surface area contributed by atoms with Crippen molar-refractivity contribution in [1.29, 1.82) is 0 Å². The zero-order valence-corrected chi connectivity index (χ0v) is 34.4. The van der Waals surface area contributed by atoms with Gasteiger partial charge in [0.1, 0.15) is 13.2 Å². The Labute approximate surface area is 314 Å². The number of hydrogen-bond donors (Lipinski definition) is 2. The quantitative estimate of drug-likeness (QED) is 0.0287. The molecular weight excluding hydrogens is 659 g/mol. The minimum atomic E-state index is -4.58. The van der Waals surface area contributed by atoms with Crippen LogP contribution in [-0.2, 0) is 18.4 Å². The highest BCUT2D eigenvalue weighted by atomic mass is 31.2. The SMILES string of the molecule is CCCCCCC/C=C\C/C=C\C/C=C\CCCCCCCCC(=O)NC(COP(=O)([O-])OCC[N+](C)(C)C)C(O)/C=C/CCCCCCCC. The van der Waals surface area contributed by atoms with Gasteiger partial charge in [-0.3, -0.25) is 9.36 Å². The first-order chi connectivity index (χ1) is 24.5. The predicted molar refractivity (Wildman–Crippen MR) is 214 cm³/mol. The van der Waals surface area contributed by atoms with Gasteiger partial charge in [-0.2, -0.15) is 0 Å². The third-order valence-corrected chi connectivity index (χ3v) is 9.75. The largest absolute Gasteiger partial charge is 0.756 e. The van der Waals surface area contributed by atoms with Crippen LogP contribution in [0.25, 0.3) is 0 Å². The number of aliphatic hydroxyl groups is 1.